The summed E-state index contributed by atoms with van der Waals surface area (Å²) in [6.07, 6.45) is 5.21. The van der Waals surface area contributed by atoms with Crippen LogP contribution in [0.15, 0.2) is 14.1 Å². The van der Waals surface area contributed by atoms with E-state index in [1.165, 1.54) is 11.3 Å². The van der Waals surface area contributed by atoms with Crippen LogP contribution in [0, 0.1) is 12.8 Å². The van der Waals surface area contributed by atoms with E-state index < -0.39 is 10.0 Å². The standard InChI is InChI=1S/C15H24BrNO2S2/c1-11(2)8-9-17(13-6-4-5-7-13)21(18,19)14-10-12(3)15(16)20-14/h10-11,13H,4-9H2,1-3H3. The van der Waals surface area contributed by atoms with E-state index in [1.807, 2.05) is 6.92 Å². The molecule has 3 nitrogen and oxygen atoms in total. The summed E-state index contributed by atoms with van der Waals surface area (Å²) in [4.78, 5) is 0. The van der Waals surface area contributed by atoms with Crippen molar-refractivity contribution in [2.45, 2.75) is 63.1 Å². The minimum atomic E-state index is -3.36. The fraction of sp³-hybridized carbons (Fsp3) is 0.733. The van der Waals surface area contributed by atoms with E-state index in [1.54, 1.807) is 10.4 Å². The molecule has 0 N–H and O–H groups in total. The van der Waals surface area contributed by atoms with Gasteiger partial charge in [0.15, 0.2) is 0 Å². The average Bonchev–Trinajstić information content (AvgIpc) is 3.01. The predicted molar refractivity (Wildman–Crippen MR) is 92.4 cm³/mol. The number of hydrogen-bond acceptors (Lipinski definition) is 3. The van der Waals surface area contributed by atoms with Crippen molar-refractivity contribution < 1.29 is 8.42 Å². The molecule has 0 aromatic carbocycles. The van der Waals surface area contributed by atoms with Crippen molar-refractivity contribution in [1.29, 1.82) is 0 Å². The fourth-order valence-corrected chi connectivity index (χ4v) is 6.81. The van der Waals surface area contributed by atoms with Crippen LogP contribution in [0.25, 0.3) is 0 Å². The first-order chi connectivity index (χ1) is 9.82. The van der Waals surface area contributed by atoms with Gasteiger partial charge in [0.25, 0.3) is 10.0 Å². The first kappa shape index (κ1) is 17.4. The van der Waals surface area contributed by atoms with E-state index in [4.69, 9.17) is 0 Å². The van der Waals surface area contributed by atoms with Gasteiger partial charge >= 0.3 is 0 Å². The van der Waals surface area contributed by atoms with E-state index in [-0.39, 0.29) is 6.04 Å². The Balaban J connectivity index is 2.28. The Bertz CT molecular complexity index is 555. The zero-order valence-corrected chi connectivity index (χ0v) is 16.2. The van der Waals surface area contributed by atoms with Crippen molar-refractivity contribution in [1.82, 2.24) is 4.31 Å². The molecule has 1 saturated carbocycles. The summed E-state index contributed by atoms with van der Waals surface area (Å²) in [6.45, 7) is 6.86. The van der Waals surface area contributed by atoms with Gasteiger partial charge in [0.2, 0.25) is 0 Å². The van der Waals surface area contributed by atoms with Gasteiger partial charge in [-0.25, -0.2) is 8.42 Å². The molecule has 0 atom stereocenters. The van der Waals surface area contributed by atoms with E-state index in [0.29, 0.717) is 16.7 Å². The topological polar surface area (TPSA) is 37.4 Å². The molecule has 1 aliphatic rings. The van der Waals surface area contributed by atoms with E-state index in [2.05, 4.69) is 29.8 Å². The molecule has 1 heterocycles. The fourth-order valence-electron chi connectivity index (χ4n) is 2.75. The summed E-state index contributed by atoms with van der Waals surface area (Å²) in [6, 6.07) is 1.98. The minimum absolute atomic E-state index is 0.190. The molecule has 120 valence electrons. The lowest BCUT2D eigenvalue weighted by atomic mass is 10.1. The van der Waals surface area contributed by atoms with Crippen molar-refractivity contribution in [3.63, 3.8) is 0 Å². The maximum Gasteiger partial charge on any atom is 0.252 e. The normalized spacial score (nSPS) is 17.2. The summed E-state index contributed by atoms with van der Waals surface area (Å²) >= 11 is 4.77. The Morgan fingerprint density at radius 2 is 2.00 bits per heavy atom. The van der Waals surface area contributed by atoms with Crippen LogP contribution in [0.3, 0.4) is 0 Å². The third-order valence-electron chi connectivity index (χ3n) is 4.06. The zero-order valence-electron chi connectivity index (χ0n) is 12.9. The van der Waals surface area contributed by atoms with Crippen molar-refractivity contribution in [3.8, 4) is 0 Å². The molecular formula is C15H24BrNO2S2. The third-order valence-corrected chi connectivity index (χ3v) is 8.59. The molecule has 0 amide bonds. The first-order valence-electron chi connectivity index (χ1n) is 7.60. The van der Waals surface area contributed by atoms with Gasteiger partial charge < -0.3 is 0 Å². The van der Waals surface area contributed by atoms with Crippen molar-refractivity contribution in [2.75, 3.05) is 6.54 Å². The van der Waals surface area contributed by atoms with E-state index in [0.717, 1.165) is 41.5 Å². The number of sulfonamides is 1. The van der Waals surface area contributed by atoms with Crippen LogP contribution in [0.1, 0.15) is 51.5 Å². The van der Waals surface area contributed by atoms with Gasteiger partial charge in [-0.15, -0.1) is 11.3 Å². The summed E-state index contributed by atoms with van der Waals surface area (Å²) in [5.74, 6) is 0.515. The van der Waals surface area contributed by atoms with Crippen LogP contribution < -0.4 is 0 Å². The summed E-state index contributed by atoms with van der Waals surface area (Å²) in [5.41, 5.74) is 0.994. The monoisotopic (exact) mass is 393 g/mol. The number of hydrogen-bond donors (Lipinski definition) is 0. The number of aryl methyl sites for hydroxylation is 1. The molecule has 0 unspecified atom stereocenters. The molecule has 0 spiro atoms. The highest BCUT2D eigenvalue weighted by Gasteiger charge is 2.34. The molecule has 0 bridgehead atoms. The largest absolute Gasteiger partial charge is 0.252 e. The number of halogens is 1. The molecule has 1 aliphatic carbocycles. The van der Waals surface area contributed by atoms with Crippen LogP contribution in [0.5, 0.6) is 0 Å². The number of nitrogens with zero attached hydrogens (tertiary/aromatic N) is 1. The molecule has 21 heavy (non-hydrogen) atoms. The molecule has 1 aromatic rings. The summed E-state index contributed by atoms with van der Waals surface area (Å²) in [5, 5.41) is 0. The van der Waals surface area contributed by atoms with Crippen LogP contribution in [-0.2, 0) is 10.0 Å². The Labute approximate surface area is 140 Å². The van der Waals surface area contributed by atoms with Gasteiger partial charge in [0, 0.05) is 12.6 Å². The first-order valence-corrected chi connectivity index (χ1v) is 10.6. The molecule has 2 rings (SSSR count). The maximum atomic E-state index is 13.0. The highest BCUT2D eigenvalue weighted by Crippen LogP contribution is 2.35. The Morgan fingerprint density at radius 3 is 2.48 bits per heavy atom. The van der Waals surface area contributed by atoms with E-state index >= 15 is 0 Å². The van der Waals surface area contributed by atoms with Crippen LogP contribution in [0.2, 0.25) is 0 Å². The molecular weight excluding hydrogens is 370 g/mol. The Hall–Kier alpha value is 0.0900. The van der Waals surface area contributed by atoms with Crippen molar-refractivity contribution >= 4 is 37.3 Å². The highest BCUT2D eigenvalue weighted by molar-refractivity contribution is 9.11. The summed E-state index contributed by atoms with van der Waals surface area (Å²) in [7, 11) is -3.36. The average molecular weight is 394 g/mol. The quantitative estimate of drug-likeness (QED) is 0.695. The second-order valence-corrected chi connectivity index (χ2v) is 10.7. The second-order valence-electron chi connectivity index (χ2n) is 6.26. The maximum absolute atomic E-state index is 13.0. The van der Waals surface area contributed by atoms with Gasteiger partial charge in [-0.2, -0.15) is 4.31 Å². The lowest BCUT2D eigenvalue weighted by molar-refractivity contribution is 0.305. The van der Waals surface area contributed by atoms with Gasteiger partial charge in [0.1, 0.15) is 4.21 Å². The minimum Gasteiger partial charge on any atom is -0.206 e. The molecule has 6 heteroatoms. The van der Waals surface area contributed by atoms with Crippen LogP contribution >= 0.6 is 27.3 Å². The lowest BCUT2D eigenvalue weighted by Gasteiger charge is -2.28. The third kappa shape index (κ3) is 4.09. The SMILES string of the molecule is Cc1cc(S(=O)(=O)N(CCC(C)C)C2CCCC2)sc1Br. The van der Waals surface area contributed by atoms with Gasteiger partial charge in [-0.1, -0.05) is 26.7 Å². The highest BCUT2D eigenvalue weighted by atomic mass is 79.9. The lowest BCUT2D eigenvalue weighted by Crippen LogP contribution is -2.39. The smallest absolute Gasteiger partial charge is 0.206 e. The number of thiophene rings is 1. The zero-order chi connectivity index (χ0) is 15.6. The molecule has 1 aromatic heterocycles. The van der Waals surface area contributed by atoms with E-state index in [9.17, 15) is 8.42 Å². The molecule has 0 aliphatic heterocycles. The molecule has 0 saturated heterocycles. The van der Waals surface area contributed by atoms with Crippen LogP contribution in [0.4, 0.5) is 0 Å². The van der Waals surface area contributed by atoms with Gasteiger partial charge in [-0.3, -0.25) is 0 Å². The van der Waals surface area contributed by atoms with Gasteiger partial charge in [-0.05, 0) is 59.7 Å². The Morgan fingerprint density at radius 1 is 1.38 bits per heavy atom. The predicted octanol–water partition coefficient (Wildman–Crippen LogP) is 4.80. The molecule has 1 fully saturated rings. The number of rotatable bonds is 6. The Kier molecular flexibility index (Phi) is 5.91. The summed E-state index contributed by atoms with van der Waals surface area (Å²) < 4.78 is 29.2. The van der Waals surface area contributed by atoms with Crippen LogP contribution in [-0.4, -0.2) is 25.3 Å². The second kappa shape index (κ2) is 7.11. The van der Waals surface area contributed by atoms with Crippen molar-refractivity contribution in [2.24, 2.45) is 5.92 Å². The molecule has 0 radical (unpaired) electrons. The van der Waals surface area contributed by atoms with Crippen molar-refractivity contribution in [3.05, 3.63) is 15.4 Å². The van der Waals surface area contributed by atoms with Gasteiger partial charge in [0.05, 0.1) is 3.79 Å².